The second-order valence-electron chi connectivity index (χ2n) is 6.38. The first-order chi connectivity index (χ1) is 10.5. The molecule has 5 heteroatoms. The summed E-state index contributed by atoms with van der Waals surface area (Å²) in [5.74, 6) is 1.01. The van der Waals surface area contributed by atoms with Gasteiger partial charge >= 0.3 is 0 Å². The number of aryl methyl sites for hydroxylation is 2. The van der Waals surface area contributed by atoms with Crippen molar-refractivity contribution < 1.29 is 9.53 Å². The van der Waals surface area contributed by atoms with Crippen LogP contribution in [0.4, 0.5) is 0 Å². The van der Waals surface area contributed by atoms with Crippen molar-refractivity contribution in [1.29, 1.82) is 0 Å². The molecule has 0 bridgehead atoms. The van der Waals surface area contributed by atoms with Crippen molar-refractivity contribution in [2.45, 2.75) is 64.5 Å². The molecule has 0 radical (unpaired) electrons. The number of benzene rings is 1. The summed E-state index contributed by atoms with van der Waals surface area (Å²) in [6.45, 7) is 4.73. The maximum Gasteiger partial charge on any atom is 0.220 e. The van der Waals surface area contributed by atoms with E-state index in [0.717, 1.165) is 37.9 Å². The van der Waals surface area contributed by atoms with Crippen LogP contribution in [-0.4, -0.2) is 24.6 Å². The zero-order valence-electron chi connectivity index (χ0n) is 14.1. The van der Waals surface area contributed by atoms with E-state index < -0.39 is 0 Å². The van der Waals surface area contributed by atoms with Gasteiger partial charge in [-0.1, -0.05) is 6.07 Å². The Morgan fingerprint density at radius 1 is 1.22 bits per heavy atom. The molecule has 1 saturated carbocycles. The summed E-state index contributed by atoms with van der Waals surface area (Å²) in [5, 5.41) is 3.10. The molecule has 2 rings (SSSR count). The quantitative estimate of drug-likeness (QED) is 0.781. The highest BCUT2D eigenvalue weighted by molar-refractivity contribution is 5.85. The second kappa shape index (κ2) is 9.78. The molecule has 1 aliphatic rings. The Morgan fingerprint density at radius 3 is 2.57 bits per heavy atom. The van der Waals surface area contributed by atoms with Crippen LogP contribution in [0, 0.1) is 13.8 Å². The zero-order chi connectivity index (χ0) is 15.9. The maximum atomic E-state index is 11.9. The number of hydrogen-bond donors (Lipinski definition) is 2. The van der Waals surface area contributed by atoms with Crippen molar-refractivity contribution in [1.82, 2.24) is 5.32 Å². The normalized spacial score (nSPS) is 20.5. The fourth-order valence-electron chi connectivity index (χ4n) is 2.79. The fourth-order valence-corrected chi connectivity index (χ4v) is 2.79. The topological polar surface area (TPSA) is 64.3 Å². The van der Waals surface area contributed by atoms with E-state index in [1.807, 2.05) is 12.1 Å². The van der Waals surface area contributed by atoms with Crippen LogP contribution in [-0.2, 0) is 4.79 Å². The van der Waals surface area contributed by atoms with Crippen LogP contribution in [0.2, 0.25) is 0 Å². The number of hydrogen-bond acceptors (Lipinski definition) is 3. The van der Waals surface area contributed by atoms with Crippen LogP contribution in [0.1, 0.15) is 49.7 Å². The lowest BCUT2D eigenvalue weighted by Crippen LogP contribution is -2.40. The second-order valence-corrected chi connectivity index (χ2v) is 6.38. The molecule has 0 atom stereocenters. The van der Waals surface area contributed by atoms with Gasteiger partial charge in [0, 0.05) is 18.5 Å². The number of nitrogens with one attached hydrogen (secondary N) is 1. The third kappa shape index (κ3) is 6.80. The molecule has 0 saturated heterocycles. The number of carbonyl (C=O) groups is 1. The highest BCUT2D eigenvalue weighted by Gasteiger charge is 2.19. The monoisotopic (exact) mass is 340 g/mol. The molecule has 4 nitrogen and oxygen atoms in total. The molecule has 1 fully saturated rings. The van der Waals surface area contributed by atoms with Gasteiger partial charge in [-0.15, -0.1) is 12.4 Å². The van der Waals surface area contributed by atoms with E-state index in [1.165, 1.54) is 11.1 Å². The van der Waals surface area contributed by atoms with E-state index in [9.17, 15) is 4.79 Å². The number of rotatable bonds is 6. The van der Waals surface area contributed by atoms with Crippen molar-refractivity contribution in [2.24, 2.45) is 5.73 Å². The van der Waals surface area contributed by atoms with Crippen molar-refractivity contribution in [3.05, 3.63) is 29.3 Å². The van der Waals surface area contributed by atoms with Gasteiger partial charge in [-0.25, -0.2) is 0 Å². The molecule has 1 aromatic rings. The Bertz CT molecular complexity index is 500. The van der Waals surface area contributed by atoms with E-state index in [0.29, 0.717) is 25.1 Å². The van der Waals surface area contributed by atoms with Gasteiger partial charge in [0.05, 0.1) is 6.61 Å². The van der Waals surface area contributed by atoms with Crippen molar-refractivity contribution in [3.63, 3.8) is 0 Å². The molecule has 0 aliphatic heterocycles. The minimum Gasteiger partial charge on any atom is -0.494 e. The van der Waals surface area contributed by atoms with E-state index in [-0.39, 0.29) is 18.3 Å². The molecule has 0 unspecified atom stereocenters. The van der Waals surface area contributed by atoms with Crippen LogP contribution in [0.3, 0.4) is 0 Å². The van der Waals surface area contributed by atoms with Gasteiger partial charge in [0.25, 0.3) is 0 Å². The molecule has 1 aliphatic carbocycles. The lowest BCUT2D eigenvalue weighted by atomic mass is 9.92. The van der Waals surface area contributed by atoms with Gasteiger partial charge in [-0.2, -0.15) is 0 Å². The van der Waals surface area contributed by atoms with Crippen molar-refractivity contribution in [2.75, 3.05) is 6.61 Å². The van der Waals surface area contributed by atoms with Crippen molar-refractivity contribution in [3.8, 4) is 5.75 Å². The van der Waals surface area contributed by atoms with Gasteiger partial charge < -0.3 is 15.8 Å². The SMILES string of the molecule is Cc1ccc(OCCCC(=O)NC2CCC(N)CC2)cc1C.Cl. The largest absolute Gasteiger partial charge is 0.494 e. The van der Waals surface area contributed by atoms with Crippen molar-refractivity contribution >= 4 is 18.3 Å². The van der Waals surface area contributed by atoms with E-state index in [4.69, 9.17) is 10.5 Å². The first-order valence-corrected chi connectivity index (χ1v) is 8.29. The molecule has 130 valence electrons. The minimum atomic E-state index is 0. The first kappa shape index (κ1) is 19.8. The van der Waals surface area contributed by atoms with Crippen LogP contribution in [0.15, 0.2) is 18.2 Å². The third-order valence-electron chi connectivity index (χ3n) is 4.43. The molecule has 0 aromatic heterocycles. The van der Waals surface area contributed by atoms with Gasteiger partial charge in [0.2, 0.25) is 5.91 Å². The van der Waals surface area contributed by atoms with Gasteiger partial charge in [-0.3, -0.25) is 4.79 Å². The predicted molar refractivity (Wildman–Crippen MR) is 96.3 cm³/mol. The Kier molecular flexibility index (Phi) is 8.42. The molecular formula is C18H29ClN2O2. The number of ether oxygens (including phenoxy) is 1. The highest BCUT2D eigenvalue weighted by atomic mass is 35.5. The molecule has 1 aromatic carbocycles. The third-order valence-corrected chi connectivity index (χ3v) is 4.43. The van der Waals surface area contributed by atoms with E-state index in [2.05, 4.69) is 25.2 Å². The number of carbonyl (C=O) groups excluding carboxylic acids is 1. The molecule has 1 amide bonds. The van der Waals surface area contributed by atoms with Crippen LogP contribution < -0.4 is 15.8 Å². The summed E-state index contributed by atoms with van der Waals surface area (Å²) < 4.78 is 5.70. The highest BCUT2D eigenvalue weighted by Crippen LogP contribution is 2.18. The Hall–Kier alpha value is -1.26. The molecular weight excluding hydrogens is 312 g/mol. The number of halogens is 1. The first-order valence-electron chi connectivity index (χ1n) is 8.29. The molecule has 3 N–H and O–H groups in total. The van der Waals surface area contributed by atoms with Gasteiger partial charge in [0.1, 0.15) is 5.75 Å². The summed E-state index contributed by atoms with van der Waals surface area (Å²) in [4.78, 5) is 11.9. The number of nitrogens with two attached hydrogens (primary N) is 1. The summed E-state index contributed by atoms with van der Waals surface area (Å²) in [5.41, 5.74) is 8.36. The lowest BCUT2D eigenvalue weighted by molar-refractivity contribution is -0.122. The average Bonchev–Trinajstić information content (AvgIpc) is 2.49. The van der Waals surface area contributed by atoms with Crippen LogP contribution in [0.5, 0.6) is 5.75 Å². The Balaban J connectivity index is 0.00000264. The Labute approximate surface area is 145 Å². The average molecular weight is 341 g/mol. The Morgan fingerprint density at radius 2 is 1.91 bits per heavy atom. The molecule has 0 heterocycles. The summed E-state index contributed by atoms with van der Waals surface area (Å²) in [6, 6.07) is 6.71. The maximum absolute atomic E-state index is 11.9. The van der Waals surface area contributed by atoms with Gasteiger partial charge in [0.15, 0.2) is 0 Å². The van der Waals surface area contributed by atoms with E-state index in [1.54, 1.807) is 0 Å². The number of amides is 1. The minimum absolute atomic E-state index is 0. The smallest absolute Gasteiger partial charge is 0.220 e. The predicted octanol–water partition coefficient (Wildman–Crippen LogP) is 3.27. The van der Waals surface area contributed by atoms with Crippen LogP contribution in [0.25, 0.3) is 0 Å². The fraction of sp³-hybridized carbons (Fsp3) is 0.611. The molecule has 23 heavy (non-hydrogen) atoms. The van der Waals surface area contributed by atoms with E-state index >= 15 is 0 Å². The lowest BCUT2D eigenvalue weighted by Gasteiger charge is -2.26. The van der Waals surface area contributed by atoms with Crippen LogP contribution >= 0.6 is 12.4 Å². The zero-order valence-corrected chi connectivity index (χ0v) is 15.0. The summed E-state index contributed by atoms with van der Waals surface area (Å²) in [7, 11) is 0. The molecule has 0 spiro atoms. The summed E-state index contributed by atoms with van der Waals surface area (Å²) in [6.07, 6.45) is 5.30. The standard InChI is InChI=1S/C18H28N2O2.ClH/c1-13-5-10-17(12-14(13)2)22-11-3-4-18(21)20-16-8-6-15(19)7-9-16;/h5,10,12,15-16H,3-4,6-9,11,19H2,1-2H3,(H,20,21);1H. The summed E-state index contributed by atoms with van der Waals surface area (Å²) >= 11 is 0. The van der Waals surface area contributed by atoms with Gasteiger partial charge in [-0.05, 0) is 69.2 Å².